The topological polar surface area (TPSA) is 65.0 Å². The van der Waals surface area contributed by atoms with Crippen molar-refractivity contribution in [2.45, 2.75) is 19.5 Å². The van der Waals surface area contributed by atoms with E-state index in [1.165, 1.54) is 6.92 Å². The van der Waals surface area contributed by atoms with Crippen LogP contribution in [0.15, 0.2) is 77.9 Å². The number of hydrogen-bond donors (Lipinski definition) is 1. The summed E-state index contributed by atoms with van der Waals surface area (Å²) in [7, 11) is 0. The van der Waals surface area contributed by atoms with Gasteiger partial charge in [0.05, 0.1) is 5.69 Å². The number of fused-ring (bicyclic) bond motifs is 2. The van der Waals surface area contributed by atoms with Crippen LogP contribution in [0.5, 0.6) is 0 Å². The molecule has 2 aliphatic rings. The van der Waals surface area contributed by atoms with E-state index in [-0.39, 0.29) is 17.5 Å². The maximum Gasteiger partial charge on any atom is 0.278 e. The smallest absolute Gasteiger partial charge is 0.278 e. The van der Waals surface area contributed by atoms with Gasteiger partial charge in [-0.05, 0) is 49.4 Å². The number of rotatable bonds is 3. The number of aryl methyl sites for hydroxylation is 1. The van der Waals surface area contributed by atoms with E-state index < -0.39 is 5.66 Å². The molecular formula is C24H19ClN4O2. The van der Waals surface area contributed by atoms with E-state index in [4.69, 9.17) is 11.6 Å². The van der Waals surface area contributed by atoms with Crippen molar-refractivity contribution in [3.63, 3.8) is 0 Å². The summed E-state index contributed by atoms with van der Waals surface area (Å²) in [5, 5.41) is 9.86. The van der Waals surface area contributed by atoms with E-state index in [0.717, 1.165) is 11.1 Å². The summed E-state index contributed by atoms with van der Waals surface area (Å²) in [5.41, 5.74) is 2.44. The molecule has 1 N–H and O–H groups in total. The number of halogens is 1. The predicted molar refractivity (Wildman–Crippen MR) is 122 cm³/mol. The first-order chi connectivity index (χ1) is 14.9. The number of hydrazone groups is 1. The van der Waals surface area contributed by atoms with Gasteiger partial charge in [-0.2, -0.15) is 0 Å². The van der Waals surface area contributed by atoms with Crippen LogP contribution in [0.1, 0.15) is 18.1 Å². The Morgan fingerprint density at radius 2 is 1.61 bits per heavy atom. The number of benzene rings is 3. The third-order valence-electron chi connectivity index (χ3n) is 5.58. The minimum atomic E-state index is -1.39. The van der Waals surface area contributed by atoms with Crippen molar-refractivity contribution in [2.24, 2.45) is 5.10 Å². The van der Waals surface area contributed by atoms with E-state index >= 15 is 0 Å². The fourth-order valence-corrected chi connectivity index (χ4v) is 4.30. The standard InChI is InChI=1S/C24H19ClN4O2/c1-15-7-11-19(12-8-15)29-24(20-5-3-4-6-21(20)26-23(24)31)28(22(27-29)16(2)30)18-13-9-17(25)10-14-18/h3-14H,1-2H3,(H,26,31). The van der Waals surface area contributed by atoms with Gasteiger partial charge in [0.1, 0.15) is 0 Å². The Kier molecular flexibility index (Phi) is 4.34. The number of para-hydroxylation sites is 1. The molecular weight excluding hydrogens is 412 g/mol. The summed E-state index contributed by atoms with van der Waals surface area (Å²) in [6.07, 6.45) is 0. The monoisotopic (exact) mass is 430 g/mol. The highest BCUT2D eigenvalue weighted by Crippen LogP contribution is 2.50. The van der Waals surface area contributed by atoms with Gasteiger partial charge in [0, 0.05) is 28.9 Å². The van der Waals surface area contributed by atoms with E-state index in [2.05, 4.69) is 10.4 Å². The first kappa shape index (κ1) is 19.3. The second kappa shape index (κ2) is 6.96. The zero-order chi connectivity index (χ0) is 21.8. The average Bonchev–Trinajstić information content (AvgIpc) is 3.26. The minimum Gasteiger partial charge on any atom is -0.322 e. The molecule has 7 heteroatoms. The van der Waals surface area contributed by atoms with Crippen LogP contribution in [-0.2, 0) is 15.3 Å². The number of amidine groups is 1. The Hall–Kier alpha value is -3.64. The second-order valence-electron chi connectivity index (χ2n) is 7.61. The number of amides is 1. The highest BCUT2D eigenvalue weighted by atomic mass is 35.5. The molecule has 2 aliphatic heterocycles. The fraction of sp³-hybridized carbons (Fsp3) is 0.125. The van der Waals surface area contributed by atoms with Crippen LogP contribution >= 0.6 is 11.6 Å². The molecule has 3 aromatic carbocycles. The van der Waals surface area contributed by atoms with Crippen LogP contribution in [0.2, 0.25) is 5.02 Å². The molecule has 154 valence electrons. The largest absolute Gasteiger partial charge is 0.322 e. The van der Waals surface area contributed by atoms with Crippen molar-refractivity contribution in [3.05, 3.63) is 88.9 Å². The molecule has 1 unspecified atom stereocenters. The molecule has 0 saturated carbocycles. The molecule has 6 nitrogen and oxygen atoms in total. The van der Waals surface area contributed by atoms with Crippen LogP contribution < -0.4 is 15.2 Å². The number of nitrogens with zero attached hydrogens (tertiary/aromatic N) is 3. The molecule has 3 aromatic rings. The lowest BCUT2D eigenvalue weighted by molar-refractivity contribution is -0.120. The van der Waals surface area contributed by atoms with Crippen LogP contribution in [-0.4, -0.2) is 17.5 Å². The van der Waals surface area contributed by atoms with Gasteiger partial charge in [0.15, 0.2) is 11.6 Å². The van der Waals surface area contributed by atoms with Gasteiger partial charge in [-0.15, -0.1) is 5.10 Å². The maximum absolute atomic E-state index is 13.7. The highest BCUT2D eigenvalue weighted by molar-refractivity contribution is 6.46. The van der Waals surface area contributed by atoms with Gasteiger partial charge in [0.25, 0.3) is 5.91 Å². The number of Topliss-reactive ketones (excluding diaryl/α,β-unsaturated/α-hetero) is 1. The van der Waals surface area contributed by atoms with Crippen LogP contribution in [0.3, 0.4) is 0 Å². The molecule has 1 amide bonds. The lowest BCUT2D eigenvalue weighted by atomic mass is 9.96. The molecule has 0 saturated heterocycles. The van der Waals surface area contributed by atoms with Gasteiger partial charge < -0.3 is 5.32 Å². The van der Waals surface area contributed by atoms with E-state index in [1.807, 2.05) is 55.5 Å². The molecule has 1 atom stereocenters. The van der Waals surface area contributed by atoms with Gasteiger partial charge in [-0.25, -0.2) is 5.01 Å². The van der Waals surface area contributed by atoms with Gasteiger partial charge in [0.2, 0.25) is 5.66 Å². The van der Waals surface area contributed by atoms with Crippen LogP contribution in [0, 0.1) is 6.92 Å². The second-order valence-corrected chi connectivity index (χ2v) is 8.05. The molecule has 31 heavy (non-hydrogen) atoms. The third kappa shape index (κ3) is 2.75. The molecule has 0 aliphatic carbocycles. The minimum absolute atomic E-state index is 0.176. The van der Waals surface area contributed by atoms with Gasteiger partial charge >= 0.3 is 0 Å². The zero-order valence-corrected chi connectivity index (χ0v) is 17.7. The summed E-state index contributed by atoms with van der Waals surface area (Å²) in [6, 6.07) is 22.2. The maximum atomic E-state index is 13.7. The zero-order valence-electron chi connectivity index (χ0n) is 17.0. The van der Waals surface area contributed by atoms with Crippen LogP contribution in [0.25, 0.3) is 0 Å². The number of carbonyl (C=O) groups excluding carboxylic acids is 2. The Labute approximate surface area is 184 Å². The SMILES string of the molecule is CC(=O)C1=NN(c2ccc(C)cc2)C2(C(=O)Nc3ccccc32)N1c1ccc(Cl)cc1. The van der Waals surface area contributed by atoms with Crippen molar-refractivity contribution >= 4 is 46.2 Å². The molecule has 0 aromatic heterocycles. The molecule has 1 spiro atoms. The lowest BCUT2D eigenvalue weighted by Crippen LogP contribution is -2.58. The van der Waals surface area contributed by atoms with Crippen LogP contribution in [0.4, 0.5) is 17.1 Å². The molecule has 0 radical (unpaired) electrons. The van der Waals surface area contributed by atoms with Crippen molar-refractivity contribution in [1.82, 2.24) is 0 Å². The highest BCUT2D eigenvalue weighted by Gasteiger charge is 2.62. The Bertz CT molecular complexity index is 1240. The van der Waals surface area contributed by atoms with E-state index in [9.17, 15) is 9.59 Å². The third-order valence-corrected chi connectivity index (χ3v) is 5.83. The van der Waals surface area contributed by atoms with Crippen molar-refractivity contribution in [2.75, 3.05) is 15.2 Å². The van der Waals surface area contributed by atoms with E-state index in [1.54, 1.807) is 34.2 Å². The van der Waals surface area contributed by atoms with Crippen molar-refractivity contribution < 1.29 is 9.59 Å². The first-order valence-corrected chi connectivity index (χ1v) is 10.2. The number of anilines is 3. The summed E-state index contributed by atoms with van der Waals surface area (Å²) >= 11 is 6.11. The number of carbonyl (C=O) groups is 2. The molecule has 0 fully saturated rings. The molecule has 2 heterocycles. The average molecular weight is 431 g/mol. The van der Waals surface area contributed by atoms with Crippen molar-refractivity contribution in [3.8, 4) is 0 Å². The van der Waals surface area contributed by atoms with E-state index in [0.29, 0.717) is 22.1 Å². The summed E-state index contributed by atoms with van der Waals surface area (Å²) in [6.45, 7) is 3.44. The van der Waals surface area contributed by atoms with Gasteiger partial charge in [-0.1, -0.05) is 47.5 Å². The normalized spacial score (nSPS) is 19.5. The Morgan fingerprint density at radius 1 is 0.968 bits per heavy atom. The van der Waals surface area contributed by atoms with Gasteiger partial charge in [-0.3, -0.25) is 14.5 Å². The fourth-order valence-electron chi connectivity index (χ4n) is 4.18. The predicted octanol–water partition coefficient (Wildman–Crippen LogP) is 4.68. The quantitative estimate of drug-likeness (QED) is 0.655. The van der Waals surface area contributed by atoms with Crippen molar-refractivity contribution in [1.29, 1.82) is 0 Å². The molecule has 0 bridgehead atoms. The summed E-state index contributed by atoms with van der Waals surface area (Å²) in [5.74, 6) is -0.361. The Morgan fingerprint density at radius 3 is 2.29 bits per heavy atom. The number of hydrogen-bond acceptors (Lipinski definition) is 5. The number of nitrogens with one attached hydrogen (secondary N) is 1. The lowest BCUT2D eigenvalue weighted by Gasteiger charge is -2.39. The summed E-state index contributed by atoms with van der Waals surface area (Å²) < 4.78 is 0. The first-order valence-electron chi connectivity index (χ1n) is 9.86. The Balaban J connectivity index is 1.83. The number of ketones is 1. The summed E-state index contributed by atoms with van der Waals surface area (Å²) in [4.78, 5) is 28.2. The molecule has 5 rings (SSSR count).